The molecular formula is C19H28ClFN5O8P. The molecule has 16 heteroatoms. The number of nitrogens with one attached hydrogen (secondary N) is 1. The second-order valence-electron chi connectivity index (χ2n) is 8.08. The van der Waals surface area contributed by atoms with Gasteiger partial charge in [0.05, 0.1) is 25.6 Å². The SMILES string of the molecule is CCOC(=O)C(OCC(CC(F)n1cnc2c(NC(=O)OC(C)(C)C)nc(Cl)nc21)OC)P(O)O. The molecule has 0 aromatic carbocycles. The van der Waals surface area contributed by atoms with Crippen molar-refractivity contribution in [2.75, 3.05) is 25.6 Å². The molecule has 0 aliphatic carbocycles. The number of rotatable bonds is 11. The molecule has 1 amide bonds. The molecule has 0 spiro atoms. The maximum absolute atomic E-state index is 15.2. The molecule has 196 valence electrons. The second kappa shape index (κ2) is 12.7. The summed E-state index contributed by atoms with van der Waals surface area (Å²) in [6.07, 6.45) is -2.59. The molecule has 0 aliphatic heterocycles. The molecule has 2 aromatic heterocycles. The summed E-state index contributed by atoms with van der Waals surface area (Å²) in [5.74, 6) is -2.64. The normalized spacial score (nSPS) is 14.6. The van der Waals surface area contributed by atoms with Crippen molar-refractivity contribution in [3.05, 3.63) is 11.6 Å². The summed E-state index contributed by atoms with van der Waals surface area (Å²) in [6.45, 7) is 6.29. The number of alkyl halides is 1. The highest BCUT2D eigenvalue weighted by molar-refractivity contribution is 7.46. The van der Waals surface area contributed by atoms with Gasteiger partial charge in [-0.05, 0) is 39.3 Å². The van der Waals surface area contributed by atoms with Crippen molar-refractivity contribution in [2.45, 2.75) is 58.0 Å². The number of methoxy groups -OCH3 is 1. The lowest BCUT2D eigenvalue weighted by atomic mass is 10.2. The molecule has 0 fully saturated rings. The molecule has 0 saturated carbocycles. The lowest BCUT2D eigenvalue weighted by Crippen LogP contribution is -2.30. The van der Waals surface area contributed by atoms with Crippen LogP contribution in [0.1, 0.15) is 40.4 Å². The van der Waals surface area contributed by atoms with Gasteiger partial charge in [0.15, 0.2) is 23.3 Å². The van der Waals surface area contributed by atoms with Crippen molar-refractivity contribution in [1.29, 1.82) is 0 Å². The predicted octanol–water partition coefficient (Wildman–Crippen LogP) is 2.90. The van der Waals surface area contributed by atoms with Crippen LogP contribution in [-0.4, -0.2) is 79.2 Å². The van der Waals surface area contributed by atoms with E-state index in [4.69, 9.17) is 30.5 Å². The highest BCUT2D eigenvalue weighted by Crippen LogP contribution is 2.33. The number of hydrogen-bond donors (Lipinski definition) is 3. The summed E-state index contributed by atoms with van der Waals surface area (Å²) in [4.78, 5) is 54.8. The van der Waals surface area contributed by atoms with Gasteiger partial charge in [0, 0.05) is 13.5 Å². The fourth-order valence-electron chi connectivity index (χ4n) is 2.79. The maximum atomic E-state index is 15.2. The largest absolute Gasteiger partial charge is 0.464 e. The third-order valence-electron chi connectivity index (χ3n) is 4.24. The van der Waals surface area contributed by atoms with E-state index in [-0.39, 0.29) is 41.9 Å². The van der Waals surface area contributed by atoms with Crippen LogP contribution in [0.15, 0.2) is 6.33 Å². The van der Waals surface area contributed by atoms with E-state index < -0.39 is 44.3 Å². The van der Waals surface area contributed by atoms with Crippen molar-refractivity contribution < 1.29 is 42.7 Å². The van der Waals surface area contributed by atoms with Crippen LogP contribution in [0, 0.1) is 0 Å². The Morgan fingerprint density at radius 2 is 2.00 bits per heavy atom. The molecule has 2 aromatic rings. The summed E-state index contributed by atoms with van der Waals surface area (Å²) in [6, 6.07) is 0. The fourth-order valence-corrected chi connectivity index (χ4v) is 3.43. The van der Waals surface area contributed by atoms with Gasteiger partial charge in [-0.2, -0.15) is 9.97 Å². The van der Waals surface area contributed by atoms with E-state index in [0.717, 1.165) is 10.9 Å². The first kappa shape index (κ1) is 29.0. The van der Waals surface area contributed by atoms with Crippen LogP contribution in [-0.2, 0) is 23.7 Å². The first-order chi connectivity index (χ1) is 16.4. The first-order valence-corrected chi connectivity index (χ1v) is 12.1. The number of ether oxygens (including phenoxy) is 4. The van der Waals surface area contributed by atoms with Crippen LogP contribution in [0.25, 0.3) is 11.2 Å². The van der Waals surface area contributed by atoms with E-state index >= 15 is 4.39 Å². The lowest BCUT2D eigenvalue weighted by molar-refractivity contribution is -0.153. The molecule has 3 N–H and O–H groups in total. The van der Waals surface area contributed by atoms with E-state index in [1.54, 1.807) is 27.7 Å². The minimum Gasteiger partial charge on any atom is -0.464 e. The Kier molecular flexibility index (Phi) is 10.5. The van der Waals surface area contributed by atoms with Crippen molar-refractivity contribution in [1.82, 2.24) is 19.5 Å². The molecule has 35 heavy (non-hydrogen) atoms. The number of carbonyl (C=O) groups is 2. The zero-order valence-electron chi connectivity index (χ0n) is 19.8. The van der Waals surface area contributed by atoms with Crippen LogP contribution < -0.4 is 5.32 Å². The zero-order chi connectivity index (χ0) is 26.3. The van der Waals surface area contributed by atoms with E-state index in [1.807, 2.05) is 0 Å². The van der Waals surface area contributed by atoms with Crippen molar-refractivity contribution in [3.63, 3.8) is 0 Å². The number of hydrogen-bond acceptors (Lipinski definition) is 11. The Morgan fingerprint density at radius 1 is 1.31 bits per heavy atom. The number of anilines is 1. The summed E-state index contributed by atoms with van der Waals surface area (Å²) in [7, 11) is -1.49. The average molecular weight is 540 g/mol. The van der Waals surface area contributed by atoms with E-state index in [0.29, 0.717) is 0 Å². The molecular weight excluding hydrogens is 512 g/mol. The van der Waals surface area contributed by atoms with Crippen molar-refractivity contribution in [3.8, 4) is 0 Å². The smallest absolute Gasteiger partial charge is 0.413 e. The third kappa shape index (κ3) is 8.44. The third-order valence-corrected chi connectivity index (χ3v) is 5.19. The van der Waals surface area contributed by atoms with Gasteiger partial charge in [0.1, 0.15) is 5.60 Å². The Hall–Kier alpha value is -2.22. The van der Waals surface area contributed by atoms with Crippen molar-refractivity contribution >= 4 is 49.0 Å². The van der Waals surface area contributed by atoms with Crippen LogP contribution in [0.4, 0.5) is 15.0 Å². The molecule has 0 aliphatic rings. The van der Waals surface area contributed by atoms with E-state index in [9.17, 15) is 19.4 Å². The number of fused-ring (bicyclic) bond motifs is 1. The molecule has 0 bridgehead atoms. The average Bonchev–Trinajstić information content (AvgIpc) is 3.15. The molecule has 0 saturated heterocycles. The Morgan fingerprint density at radius 3 is 2.57 bits per heavy atom. The standard InChI is InChI=1S/C19H28ClFN5O8P/c1-6-32-15(27)16(35(29)30)33-8-10(31-5)7-11(21)26-9-22-12-13(23-17(20)25-14(12)26)24-18(28)34-19(2,3)4/h9-11,16,29-30H,6-8H2,1-5H3,(H,23,24,25,28). The topological polar surface area (TPSA) is 167 Å². The quantitative estimate of drug-likeness (QED) is 0.218. The highest BCUT2D eigenvalue weighted by atomic mass is 35.5. The minimum absolute atomic E-state index is 0.00188. The number of carbonyl (C=O) groups excluding carboxylic acids is 2. The molecule has 2 rings (SSSR count). The summed E-state index contributed by atoms with van der Waals surface area (Å²) in [5, 5.41) is 2.16. The number of esters is 1. The minimum atomic E-state index is -2.79. The Labute approximate surface area is 206 Å². The van der Waals surface area contributed by atoms with Gasteiger partial charge in [-0.3, -0.25) is 9.88 Å². The highest BCUT2D eigenvalue weighted by Gasteiger charge is 2.31. The number of halogens is 2. The van der Waals surface area contributed by atoms with Crippen molar-refractivity contribution in [2.24, 2.45) is 0 Å². The molecule has 0 radical (unpaired) electrons. The first-order valence-electron chi connectivity index (χ1n) is 10.4. The van der Waals surface area contributed by atoms with Gasteiger partial charge >= 0.3 is 12.1 Å². The Balaban J connectivity index is 2.16. The maximum Gasteiger partial charge on any atom is 0.413 e. The Bertz CT molecular complexity index is 1020. The van der Waals surface area contributed by atoms with Gasteiger partial charge in [-0.15, -0.1) is 0 Å². The van der Waals surface area contributed by atoms with Gasteiger partial charge < -0.3 is 28.7 Å². The van der Waals surface area contributed by atoms with Crippen LogP contribution in [0.5, 0.6) is 0 Å². The fraction of sp³-hybridized carbons (Fsp3) is 0.632. The summed E-state index contributed by atoms with van der Waals surface area (Å²) in [5.41, 5.74) is -0.695. The number of nitrogens with zero attached hydrogens (tertiary/aromatic N) is 4. The van der Waals surface area contributed by atoms with Gasteiger partial charge in [0.2, 0.25) is 19.5 Å². The van der Waals surface area contributed by atoms with Gasteiger partial charge in [0.25, 0.3) is 0 Å². The molecule has 2 heterocycles. The molecule has 13 nitrogen and oxygen atoms in total. The number of imidazole rings is 1. The van der Waals surface area contributed by atoms with E-state index in [2.05, 4.69) is 20.3 Å². The van der Waals surface area contributed by atoms with Crippen LogP contribution in [0.3, 0.4) is 0 Å². The second-order valence-corrected chi connectivity index (χ2v) is 9.53. The van der Waals surface area contributed by atoms with Crippen LogP contribution >= 0.6 is 20.0 Å². The number of aromatic nitrogens is 4. The molecule has 3 atom stereocenters. The predicted molar refractivity (Wildman–Crippen MR) is 123 cm³/mol. The summed E-state index contributed by atoms with van der Waals surface area (Å²) >= 11 is 5.96. The monoisotopic (exact) mass is 539 g/mol. The van der Waals surface area contributed by atoms with Gasteiger partial charge in [-0.25, -0.2) is 19.0 Å². The number of amides is 1. The molecule has 3 unspecified atom stereocenters. The van der Waals surface area contributed by atoms with Gasteiger partial charge in [-0.1, -0.05) is 0 Å². The van der Waals surface area contributed by atoms with Crippen LogP contribution in [0.2, 0.25) is 5.28 Å². The zero-order valence-corrected chi connectivity index (χ0v) is 21.4. The summed E-state index contributed by atoms with van der Waals surface area (Å²) < 4.78 is 36.6. The lowest BCUT2D eigenvalue weighted by Gasteiger charge is -2.22. The van der Waals surface area contributed by atoms with E-state index in [1.165, 1.54) is 7.11 Å².